The van der Waals surface area contributed by atoms with E-state index in [1.54, 1.807) is 61.7 Å². The molecular weight excluding hydrogens is 384 g/mol. The fourth-order valence-corrected chi connectivity index (χ4v) is 2.98. The summed E-state index contributed by atoms with van der Waals surface area (Å²) in [7, 11) is 1.56. The van der Waals surface area contributed by atoms with Crippen LogP contribution < -0.4 is 20.5 Å². The van der Waals surface area contributed by atoms with Crippen LogP contribution in [0.1, 0.15) is 40.0 Å². The van der Waals surface area contributed by atoms with Gasteiger partial charge in [0.1, 0.15) is 11.5 Å². The van der Waals surface area contributed by atoms with Crippen molar-refractivity contribution in [1.82, 2.24) is 5.32 Å². The van der Waals surface area contributed by atoms with Crippen molar-refractivity contribution in [1.29, 1.82) is 0 Å². The molecule has 0 spiro atoms. The zero-order valence-corrected chi connectivity index (χ0v) is 16.7. The molecule has 7 heteroatoms. The predicted octanol–water partition coefficient (Wildman–Crippen LogP) is 3.78. The van der Waals surface area contributed by atoms with Crippen molar-refractivity contribution in [2.24, 2.45) is 0 Å². The van der Waals surface area contributed by atoms with E-state index < -0.39 is 0 Å². The number of hydrogen-bond acceptors (Lipinski definition) is 6. The molecule has 0 unspecified atom stereocenters. The van der Waals surface area contributed by atoms with Crippen LogP contribution in [-0.2, 0) is 0 Å². The molecule has 0 radical (unpaired) electrons. The van der Waals surface area contributed by atoms with Gasteiger partial charge in [0.15, 0.2) is 11.5 Å². The number of methoxy groups -OCH3 is 1. The van der Waals surface area contributed by atoms with E-state index in [-0.39, 0.29) is 30.3 Å². The zero-order chi connectivity index (χ0) is 21.5. The Morgan fingerprint density at radius 1 is 1.10 bits per heavy atom. The predicted molar refractivity (Wildman–Crippen MR) is 114 cm³/mol. The van der Waals surface area contributed by atoms with Crippen molar-refractivity contribution in [2.45, 2.75) is 19.3 Å². The number of carbonyl (C=O) groups is 2. The molecule has 156 valence electrons. The Balaban J connectivity index is 1.58. The summed E-state index contributed by atoms with van der Waals surface area (Å²) in [6.07, 6.45) is 4.42. The number of nitrogen functional groups attached to an aromatic ring is 1. The van der Waals surface area contributed by atoms with Gasteiger partial charge in [0.25, 0.3) is 5.91 Å². The molecule has 2 aromatic carbocycles. The SMILES string of the molecule is COc1ccc(C(=O)NCCC(=O)c2cccc(OC3=CC=C(O)CC3)c2N)cc1. The third kappa shape index (κ3) is 5.20. The number of amides is 1. The Morgan fingerprint density at radius 2 is 1.87 bits per heavy atom. The van der Waals surface area contributed by atoms with Gasteiger partial charge in [-0.25, -0.2) is 0 Å². The quantitative estimate of drug-likeness (QED) is 0.453. The molecule has 0 atom stereocenters. The van der Waals surface area contributed by atoms with Gasteiger partial charge in [0, 0.05) is 36.9 Å². The van der Waals surface area contributed by atoms with Gasteiger partial charge in [-0.3, -0.25) is 9.59 Å². The van der Waals surface area contributed by atoms with Gasteiger partial charge in [-0.2, -0.15) is 0 Å². The lowest BCUT2D eigenvalue weighted by Crippen LogP contribution is -2.26. The van der Waals surface area contributed by atoms with Crippen LogP contribution >= 0.6 is 0 Å². The average molecular weight is 408 g/mol. The Morgan fingerprint density at radius 3 is 2.53 bits per heavy atom. The number of hydrogen-bond donors (Lipinski definition) is 3. The molecule has 0 fully saturated rings. The molecule has 0 aliphatic heterocycles. The number of carbonyl (C=O) groups excluding carboxylic acids is 2. The summed E-state index contributed by atoms with van der Waals surface area (Å²) in [5, 5.41) is 12.2. The van der Waals surface area contributed by atoms with Crippen molar-refractivity contribution in [2.75, 3.05) is 19.4 Å². The van der Waals surface area contributed by atoms with Gasteiger partial charge in [0.2, 0.25) is 0 Å². The maximum Gasteiger partial charge on any atom is 0.251 e. The molecule has 1 amide bonds. The number of aliphatic hydroxyl groups excluding tert-OH is 1. The van der Waals surface area contributed by atoms with Crippen molar-refractivity contribution >= 4 is 17.4 Å². The minimum Gasteiger partial charge on any atom is -0.512 e. The third-order valence-corrected chi connectivity index (χ3v) is 4.69. The number of aliphatic hydroxyl groups is 1. The highest BCUT2D eigenvalue weighted by Crippen LogP contribution is 2.30. The lowest BCUT2D eigenvalue weighted by atomic mass is 10.1. The first-order valence-electron chi connectivity index (χ1n) is 9.58. The molecule has 0 saturated heterocycles. The highest BCUT2D eigenvalue weighted by molar-refractivity contribution is 6.02. The normalized spacial score (nSPS) is 13.1. The summed E-state index contributed by atoms with van der Waals surface area (Å²) in [6, 6.07) is 11.7. The van der Waals surface area contributed by atoms with Gasteiger partial charge in [-0.1, -0.05) is 6.07 Å². The zero-order valence-electron chi connectivity index (χ0n) is 16.7. The number of nitrogens with one attached hydrogen (secondary N) is 1. The molecule has 30 heavy (non-hydrogen) atoms. The maximum atomic E-state index is 12.6. The summed E-state index contributed by atoms with van der Waals surface area (Å²) >= 11 is 0. The monoisotopic (exact) mass is 408 g/mol. The smallest absolute Gasteiger partial charge is 0.251 e. The number of rotatable bonds is 8. The Bertz CT molecular complexity index is 993. The fourth-order valence-electron chi connectivity index (χ4n) is 2.98. The van der Waals surface area contributed by atoms with E-state index in [0.717, 1.165) is 0 Å². The summed E-state index contributed by atoms with van der Waals surface area (Å²) < 4.78 is 10.9. The molecule has 0 heterocycles. The van der Waals surface area contributed by atoms with E-state index in [4.69, 9.17) is 15.2 Å². The molecule has 3 rings (SSSR count). The van der Waals surface area contributed by atoms with E-state index in [2.05, 4.69) is 5.32 Å². The molecule has 1 aliphatic carbocycles. The van der Waals surface area contributed by atoms with Gasteiger partial charge >= 0.3 is 0 Å². The van der Waals surface area contributed by atoms with Crippen LogP contribution in [0, 0.1) is 0 Å². The first-order valence-corrected chi connectivity index (χ1v) is 9.58. The Labute approximate surface area is 174 Å². The fraction of sp³-hybridized carbons (Fsp3) is 0.217. The third-order valence-electron chi connectivity index (χ3n) is 4.69. The maximum absolute atomic E-state index is 12.6. The highest BCUT2D eigenvalue weighted by atomic mass is 16.5. The van der Waals surface area contributed by atoms with Crippen LogP contribution in [0.5, 0.6) is 11.5 Å². The Kier molecular flexibility index (Phi) is 6.75. The Hall–Kier alpha value is -3.74. The molecule has 7 nitrogen and oxygen atoms in total. The summed E-state index contributed by atoms with van der Waals surface area (Å²) in [6.45, 7) is 0.184. The molecule has 2 aromatic rings. The summed E-state index contributed by atoms with van der Waals surface area (Å²) in [4.78, 5) is 24.8. The van der Waals surface area contributed by atoms with Crippen LogP contribution in [0.2, 0.25) is 0 Å². The molecular formula is C23H24N2O5. The minimum atomic E-state index is -0.268. The van der Waals surface area contributed by atoms with Crippen molar-refractivity contribution < 1.29 is 24.2 Å². The van der Waals surface area contributed by atoms with Gasteiger partial charge in [-0.15, -0.1) is 0 Å². The van der Waals surface area contributed by atoms with Crippen LogP contribution in [0.25, 0.3) is 0 Å². The highest BCUT2D eigenvalue weighted by Gasteiger charge is 2.16. The van der Waals surface area contributed by atoms with Crippen LogP contribution in [-0.4, -0.2) is 30.5 Å². The average Bonchev–Trinajstić information content (AvgIpc) is 2.76. The molecule has 0 aromatic heterocycles. The number of ketones is 1. The minimum absolute atomic E-state index is 0.106. The van der Waals surface area contributed by atoms with Crippen LogP contribution in [0.4, 0.5) is 5.69 Å². The molecule has 4 N–H and O–H groups in total. The number of para-hydroxylation sites is 1. The van der Waals surface area contributed by atoms with E-state index >= 15 is 0 Å². The second-order valence-electron chi connectivity index (χ2n) is 6.77. The van der Waals surface area contributed by atoms with Gasteiger partial charge < -0.3 is 25.6 Å². The first kappa shape index (κ1) is 21.0. The van der Waals surface area contributed by atoms with Gasteiger partial charge in [-0.05, 0) is 48.6 Å². The van der Waals surface area contributed by atoms with E-state index in [1.165, 1.54) is 0 Å². The van der Waals surface area contributed by atoms with Crippen LogP contribution in [0.3, 0.4) is 0 Å². The second kappa shape index (κ2) is 9.65. The van der Waals surface area contributed by atoms with E-state index in [1.807, 2.05) is 0 Å². The number of Topliss-reactive ketones (excluding diaryl/α,β-unsaturated/α-hetero) is 1. The number of nitrogens with two attached hydrogens (primary N) is 1. The second-order valence-corrected chi connectivity index (χ2v) is 6.77. The number of benzene rings is 2. The van der Waals surface area contributed by atoms with Crippen molar-refractivity contribution in [3.05, 3.63) is 77.3 Å². The number of allylic oxidation sites excluding steroid dienone is 4. The summed E-state index contributed by atoms with van der Waals surface area (Å²) in [5.74, 6) is 1.56. The standard InChI is InChI=1S/C23H24N2O5/c1-29-17-9-5-15(6-10-17)23(28)25-14-13-20(27)19-3-2-4-21(22(19)24)30-18-11-7-16(26)8-12-18/h2-7,9-11,26H,8,12-14,24H2,1H3,(H,25,28). The topological polar surface area (TPSA) is 111 Å². The first-order chi connectivity index (χ1) is 14.5. The molecule has 1 aliphatic rings. The van der Waals surface area contributed by atoms with Crippen molar-refractivity contribution in [3.8, 4) is 11.5 Å². The number of anilines is 1. The summed E-state index contributed by atoms with van der Waals surface area (Å²) in [5.41, 5.74) is 7.23. The van der Waals surface area contributed by atoms with E-state index in [0.29, 0.717) is 47.0 Å². The lowest BCUT2D eigenvalue weighted by Gasteiger charge is -2.15. The van der Waals surface area contributed by atoms with Crippen molar-refractivity contribution in [3.63, 3.8) is 0 Å². The largest absolute Gasteiger partial charge is 0.512 e. The molecule has 0 bridgehead atoms. The lowest BCUT2D eigenvalue weighted by molar-refractivity contribution is 0.0940. The number of ether oxygens (including phenoxy) is 2. The molecule has 0 saturated carbocycles. The van der Waals surface area contributed by atoms with E-state index in [9.17, 15) is 14.7 Å². The van der Waals surface area contributed by atoms with Crippen LogP contribution in [0.15, 0.2) is 66.1 Å². The van der Waals surface area contributed by atoms with Gasteiger partial charge in [0.05, 0.1) is 18.6 Å².